The molecule has 1 aliphatic rings. The molecule has 4 N–H and O–H groups in total. The van der Waals surface area contributed by atoms with Crippen LogP contribution in [0.3, 0.4) is 0 Å². The number of nitrogens with zero attached hydrogens (tertiary/aromatic N) is 1. The van der Waals surface area contributed by atoms with Crippen LogP contribution in [0.2, 0.25) is 0 Å². The van der Waals surface area contributed by atoms with Crippen molar-refractivity contribution in [2.24, 2.45) is 5.73 Å². The first-order valence-electron chi connectivity index (χ1n) is 4.12. The van der Waals surface area contributed by atoms with Crippen molar-refractivity contribution in [3.8, 4) is 0 Å². The Balaban J connectivity index is 2.21. The third kappa shape index (κ3) is 2.35. The highest BCUT2D eigenvalue weighted by molar-refractivity contribution is 5.72. The molecule has 2 amide bonds. The van der Waals surface area contributed by atoms with E-state index in [4.69, 9.17) is 10.8 Å². The quantitative estimate of drug-likeness (QED) is 0.497. The number of urea groups is 1. The second-order valence-corrected chi connectivity index (χ2v) is 2.95. The van der Waals surface area contributed by atoms with E-state index >= 15 is 0 Å². The van der Waals surface area contributed by atoms with E-state index < -0.39 is 0 Å². The predicted molar refractivity (Wildman–Crippen MR) is 44.6 cm³/mol. The van der Waals surface area contributed by atoms with Crippen LogP contribution >= 0.6 is 0 Å². The predicted octanol–water partition coefficient (Wildman–Crippen LogP) is -1.28. The van der Waals surface area contributed by atoms with Gasteiger partial charge in [-0.3, -0.25) is 0 Å². The Morgan fingerprint density at radius 1 is 1.75 bits per heavy atom. The van der Waals surface area contributed by atoms with Gasteiger partial charge in [-0.2, -0.15) is 0 Å². The standard InChI is InChI=1S/C7H15N3O2/c8-7(12)10-3-1-6(5-10)9-2-4-11/h6,9,11H,1-5H2,(H2,8,12). The van der Waals surface area contributed by atoms with Crippen molar-refractivity contribution in [2.75, 3.05) is 26.2 Å². The van der Waals surface area contributed by atoms with Gasteiger partial charge in [-0.25, -0.2) is 4.79 Å². The molecule has 0 aromatic carbocycles. The van der Waals surface area contributed by atoms with Gasteiger partial charge in [0, 0.05) is 25.7 Å². The van der Waals surface area contributed by atoms with E-state index in [1.54, 1.807) is 4.90 Å². The molecule has 1 atom stereocenters. The zero-order valence-corrected chi connectivity index (χ0v) is 6.99. The second-order valence-electron chi connectivity index (χ2n) is 2.95. The third-order valence-corrected chi connectivity index (χ3v) is 2.04. The van der Waals surface area contributed by atoms with Crippen molar-refractivity contribution >= 4 is 6.03 Å². The van der Waals surface area contributed by atoms with Crippen LogP contribution in [0, 0.1) is 0 Å². The Morgan fingerprint density at radius 2 is 2.50 bits per heavy atom. The largest absolute Gasteiger partial charge is 0.395 e. The van der Waals surface area contributed by atoms with E-state index in [9.17, 15) is 4.79 Å². The molecule has 0 aromatic rings. The second kappa shape index (κ2) is 4.27. The first kappa shape index (κ1) is 9.28. The van der Waals surface area contributed by atoms with Gasteiger partial charge < -0.3 is 21.1 Å². The molecule has 0 bridgehead atoms. The number of carbonyl (C=O) groups excluding carboxylic acids is 1. The molecule has 0 aromatic heterocycles. The summed E-state index contributed by atoms with van der Waals surface area (Å²) in [6.07, 6.45) is 0.920. The van der Waals surface area contributed by atoms with Gasteiger partial charge in [0.2, 0.25) is 0 Å². The highest BCUT2D eigenvalue weighted by Crippen LogP contribution is 2.07. The van der Waals surface area contributed by atoms with Gasteiger partial charge in [0.25, 0.3) is 0 Å². The van der Waals surface area contributed by atoms with Crippen LogP contribution in [0.5, 0.6) is 0 Å². The Morgan fingerprint density at radius 3 is 3.00 bits per heavy atom. The lowest BCUT2D eigenvalue weighted by atomic mass is 10.3. The van der Waals surface area contributed by atoms with Crippen LogP contribution in [-0.4, -0.2) is 48.3 Å². The minimum Gasteiger partial charge on any atom is -0.395 e. The number of likely N-dealkylation sites (tertiary alicyclic amines) is 1. The summed E-state index contributed by atoms with van der Waals surface area (Å²) in [4.78, 5) is 12.3. The van der Waals surface area contributed by atoms with Crippen LogP contribution in [0.4, 0.5) is 4.79 Å². The van der Waals surface area contributed by atoms with E-state index in [1.165, 1.54) is 0 Å². The van der Waals surface area contributed by atoms with Crippen LogP contribution in [0.15, 0.2) is 0 Å². The Kier molecular flexibility index (Phi) is 3.31. The molecular formula is C7H15N3O2. The molecule has 12 heavy (non-hydrogen) atoms. The molecule has 0 spiro atoms. The fourth-order valence-corrected chi connectivity index (χ4v) is 1.40. The summed E-state index contributed by atoms with van der Waals surface area (Å²) in [5.41, 5.74) is 5.10. The average molecular weight is 173 g/mol. The molecule has 1 unspecified atom stereocenters. The minimum atomic E-state index is -0.358. The SMILES string of the molecule is NC(=O)N1CCC(NCCO)C1. The fraction of sp³-hybridized carbons (Fsp3) is 0.857. The topological polar surface area (TPSA) is 78.6 Å². The monoisotopic (exact) mass is 173 g/mol. The van der Waals surface area contributed by atoms with Crippen LogP contribution in [0.1, 0.15) is 6.42 Å². The number of primary amides is 1. The van der Waals surface area contributed by atoms with Crippen LogP contribution in [-0.2, 0) is 0 Å². The molecule has 0 radical (unpaired) electrons. The zero-order chi connectivity index (χ0) is 8.97. The van der Waals surface area contributed by atoms with Gasteiger partial charge in [0.1, 0.15) is 0 Å². The van der Waals surface area contributed by atoms with Gasteiger partial charge in [-0.1, -0.05) is 0 Å². The van der Waals surface area contributed by atoms with Gasteiger partial charge in [0.15, 0.2) is 0 Å². The highest BCUT2D eigenvalue weighted by Gasteiger charge is 2.23. The Hall–Kier alpha value is -0.810. The first-order valence-corrected chi connectivity index (χ1v) is 4.12. The minimum absolute atomic E-state index is 0.132. The molecule has 1 heterocycles. The van der Waals surface area contributed by atoms with E-state index in [1.807, 2.05) is 0 Å². The average Bonchev–Trinajstić information content (AvgIpc) is 2.48. The normalized spacial score (nSPS) is 23.1. The number of rotatable bonds is 3. The van der Waals surface area contributed by atoms with Crippen molar-refractivity contribution in [1.82, 2.24) is 10.2 Å². The molecule has 70 valence electrons. The summed E-state index contributed by atoms with van der Waals surface area (Å²) in [5.74, 6) is 0. The smallest absolute Gasteiger partial charge is 0.314 e. The molecule has 1 fully saturated rings. The van der Waals surface area contributed by atoms with Crippen LogP contribution in [0.25, 0.3) is 0 Å². The number of hydrogen-bond donors (Lipinski definition) is 3. The number of nitrogens with two attached hydrogens (primary N) is 1. The van der Waals surface area contributed by atoms with E-state index in [2.05, 4.69) is 5.32 Å². The molecule has 1 aliphatic heterocycles. The molecule has 0 saturated carbocycles. The summed E-state index contributed by atoms with van der Waals surface area (Å²) in [5, 5.41) is 11.7. The Labute approximate surface area is 71.5 Å². The summed E-state index contributed by atoms with van der Waals surface area (Å²) < 4.78 is 0. The van der Waals surface area contributed by atoms with Crippen molar-refractivity contribution in [2.45, 2.75) is 12.5 Å². The van der Waals surface area contributed by atoms with Crippen molar-refractivity contribution < 1.29 is 9.90 Å². The lowest BCUT2D eigenvalue weighted by molar-refractivity contribution is 0.217. The number of amides is 2. The van der Waals surface area contributed by atoms with E-state index in [0.717, 1.165) is 13.0 Å². The molecule has 0 aliphatic carbocycles. The number of aliphatic hydroxyl groups is 1. The van der Waals surface area contributed by atoms with Gasteiger partial charge in [-0.15, -0.1) is 0 Å². The highest BCUT2D eigenvalue weighted by atomic mass is 16.3. The zero-order valence-electron chi connectivity index (χ0n) is 6.99. The number of carbonyl (C=O) groups is 1. The van der Waals surface area contributed by atoms with Crippen molar-refractivity contribution in [3.63, 3.8) is 0 Å². The lowest BCUT2D eigenvalue weighted by Gasteiger charge is -2.13. The van der Waals surface area contributed by atoms with Gasteiger partial charge in [0.05, 0.1) is 6.61 Å². The number of hydrogen-bond acceptors (Lipinski definition) is 3. The summed E-state index contributed by atoms with van der Waals surface area (Å²) >= 11 is 0. The molecular weight excluding hydrogens is 158 g/mol. The van der Waals surface area contributed by atoms with E-state index in [0.29, 0.717) is 19.1 Å². The van der Waals surface area contributed by atoms with Crippen molar-refractivity contribution in [3.05, 3.63) is 0 Å². The van der Waals surface area contributed by atoms with Crippen LogP contribution < -0.4 is 11.1 Å². The maximum Gasteiger partial charge on any atom is 0.314 e. The number of aliphatic hydroxyl groups excluding tert-OH is 1. The maximum atomic E-state index is 10.7. The fourth-order valence-electron chi connectivity index (χ4n) is 1.40. The summed E-state index contributed by atoms with van der Waals surface area (Å²) in [7, 11) is 0. The Bertz CT molecular complexity index is 163. The molecule has 5 heteroatoms. The summed E-state index contributed by atoms with van der Waals surface area (Å²) in [6, 6.07) is -0.0621. The van der Waals surface area contributed by atoms with Crippen molar-refractivity contribution in [1.29, 1.82) is 0 Å². The first-order chi connectivity index (χ1) is 5.74. The van der Waals surface area contributed by atoms with Gasteiger partial charge in [-0.05, 0) is 6.42 Å². The number of nitrogens with one attached hydrogen (secondary N) is 1. The van der Waals surface area contributed by atoms with Gasteiger partial charge >= 0.3 is 6.03 Å². The lowest BCUT2D eigenvalue weighted by Crippen LogP contribution is -2.38. The maximum absolute atomic E-state index is 10.7. The summed E-state index contributed by atoms with van der Waals surface area (Å²) in [6.45, 7) is 2.10. The molecule has 5 nitrogen and oxygen atoms in total. The molecule has 1 saturated heterocycles. The third-order valence-electron chi connectivity index (χ3n) is 2.04. The molecule has 1 rings (SSSR count). The van der Waals surface area contributed by atoms with E-state index in [-0.39, 0.29) is 12.6 Å².